The molecule has 0 saturated carbocycles. The summed E-state index contributed by atoms with van der Waals surface area (Å²) in [6.45, 7) is 2.53. The van der Waals surface area contributed by atoms with E-state index in [0.717, 1.165) is 11.4 Å². The molecule has 1 aliphatic rings. The maximum atomic E-state index is 13.1. The number of hydrogen-bond acceptors (Lipinski definition) is 6. The number of anilines is 2. The van der Waals surface area contributed by atoms with E-state index in [4.69, 9.17) is 4.74 Å². The van der Waals surface area contributed by atoms with Gasteiger partial charge in [-0.1, -0.05) is 24.3 Å². The molecule has 1 fully saturated rings. The SMILES string of the molecule is COc1ccccc1N1CCN(C(=O)c2ccc(NS(=O)(=O)c3c#ccc4cccnc34)cc2)CC1. The zero-order valence-corrected chi connectivity index (χ0v) is 20.5. The van der Waals surface area contributed by atoms with Gasteiger partial charge in [-0.05, 0) is 54.6 Å². The molecule has 1 aromatic heterocycles. The first-order chi connectivity index (χ1) is 17.5. The largest absolute Gasteiger partial charge is 0.495 e. The number of piperazine rings is 1. The van der Waals surface area contributed by atoms with Gasteiger partial charge in [0.15, 0.2) is 4.90 Å². The number of methoxy groups -OCH3 is 1. The predicted molar refractivity (Wildman–Crippen MR) is 138 cm³/mol. The van der Waals surface area contributed by atoms with E-state index < -0.39 is 10.0 Å². The van der Waals surface area contributed by atoms with Crippen LogP contribution < -0.4 is 14.4 Å². The van der Waals surface area contributed by atoms with Crippen LogP contribution in [0.5, 0.6) is 5.75 Å². The molecule has 0 bridgehead atoms. The monoisotopic (exact) mass is 500 g/mol. The molecule has 0 aliphatic carbocycles. The second kappa shape index (κ2) is 9.76. The summed E-state index contributed by atoms with van der Waals surface area (Å²) < 4.78 is 34.0. The van der Waals surface area contributed by atoms with E-state index in [1.807, 2.05) is 24.3 Å². The maximum absolute atomic E-state index is 13.1. The van der Waals surface area contributed by atoms with Gasteiger partial charge in [-0.25, -0.2) is 8.42 Å². The number of benzene rings is 2. The number of amides is 1. The molecule has 8 nitrogen and oxygen atoms in total. The fourth-order valence-corrected chi connectivity index (χ4v) is 5.43. The Labute approximate surface area is 210 Å². The van der Waals surface area contributed by atoms with Gasteiger partial charge in [0.2, 0.25) is 0 Å². The summed E-state index contributed by atoms with van der Waals surface area (Å²) >= 11 is 0. The Morgan fingerprint density at radius 2 is 1.75 bits per heavy atom. The molecule has 0 unspecified atom stereocenters. The van der Waals surface area contributed by atoms with E-state index in [9.17, 15) is 13.2 Å². The van der Waals surface area contributed by atoms with E-state index in [0.29, 0.717) is 48.3 Å². The van der Waals surface area contributed by atoms with Crippen molar-refractivity contribution >= 4 is 38.2 Å². The highest BCUT2D eigenvalue weighted by Crippen LogP contribution is 2.28. The van der Waals surface area contributed by atoms with Crippen molar-refractivity contribution in [2.75, 3.05) is 42.9 Å². The second-order valence-corrected chi connectivity index (χ2v) is 9.94. The molecule has 2 heterocycles. The molecule has 36 heavy (non-hydrogen) atoms. The molecule has 0 radical (unpaired) electrons. The fraction of sp³-hybridized carbons (Fsp3) is 0.185. The van der Waals surface area contributed by atoms with Crippen LogP contribution in [-0.4, -0.2) is 57.5 Å². The third-order valence-electron chi connectivity index (χ3n) is 6.11. The molecule has 1 amide bonds. The van der Waals surface area contributed by atoms with E-state index in [-0.39, 0.29) is 10.8 Å². The first-order valence-electron chi connectivity index (χ1n) is 11.4. The molecule has 5 rings (SSSR count). The Hall–Kier alpha value is -4.29. The van der Waals surface area contributed by atoms with Crippen LogP contribution >= 0.6 is 0 Å². The highest BCUT2D eigenvalue weighted by molar-refractivity contribution is 7.93. The number of pyridine rings is 1. The molecule has 1 N–H and O–H groups in total. The number of carbonyl (C=O) groups is 1. The van der Waals surface area contributed by atoms with Crippen molar-refractivity contribution in [1.82, 2.24) is 9.88 Å². The van der Waals surface area contributed by atoms with Crippen LogP contribution in [0.25, 0.3) is 10.9 Å². The molecule has 1 aliphatic heterocycles. The van der Waals surface area contributed by atoms with Crippen molar-refractivity contribution in [1.29, 1.82) is 0 Å². The van der Waals surface area contributed by atoms with Gasteiger partial charge in [0, 0.05) is 49.0 Å². The van der Waals surface area contributed by atoms with Crippen LogP contribution in [0.15, 0.2) is 77.8 Å². The van der Waals surface area contributed by atoms with Crippen molar-refractivity contribution in [3.63, 3.8) is 0 Å². The normalized spacial score (nSPS) is 13.8. The highest BCUT2D eigenvalue weighted by Gasteiger charge is 2.24. The van der Waals surface area contributed by atoms with Crippen LogP contribution in [0.2, 0.25) is 0 Å². The zero-order valence-electron chi connectivity index (χ0n) is 19.6. The molecule has 4 aromatic rings. The number of rotatable bonds is 6. The van der Waals surface area contributed by atoms with Crippen LogP contribution in [0, 0.1) is 12.1 Å². The van der Waals surface area contributed by atoms with Gasteiger partial charge in [0.05, 0.1) is 18.3 Å². The van der Waals surface area contributed by atoms with Crippen molar-refractivity contribution in [3.05, 3.63) is 90.6 Å². The van der Waals surface area contributed by atoms with Crippen molar-refractivity contribution < 1.29 is 17.9 Å². The maximum Gasteiger partial charge on any atom is 0.272 e. The first-order valence-corrected chi connectivity index (χ1v) is 12.9. The van der Waals surface area contributed by atoms with Gasteiger partial charge >= 0.3 is 0 Å². The Kier molecular flexibility index (Phi) is 6.36. The minimum Gasteiger partial charge on any atom is -0.495 e. The summed E-state index contributed by atoms with van der Waals surface area (Å²) in [5.74, 6) is 0.718. The van der Waals surface area contributed by atoms with E-state index in [2.05, 4.69) is 26.7 Å². The van der Waals surface area contributed by atoms with Gasteiger partial charge in [0.25, 0.3) is 15.9 Å². The van der Waals surface area contributed by atoms with Crippen LogP contribution in [0.1, 0.15) is 10.4 Å². The lowest BCUT2D eigenvalue weighted by molar-refractivity contribution is 0.0746. The molecular weight excluding hydrogens is 476 g/mol. The topological polar surface area (TPSA) is 91.8 Å². The number of carbonyl (C=O) groups excluding carboxylic acids is 1. The summed E-state index contributed by atoms with van der Waals surface area (Å²) in [5.41, 5.74) is 2.17. The lowest BCUT2D eigenvalue weighted by Crippen LogP contribution is -2.48. The summed E-state index contributed by atoms with van der Waals surface area (Å²) in [6, 6.07) is 24.8. The first kappa shape index (κ1) is 23.5. The Bertz CT molecular complexity index is 1490. The fourth-order valence-electron chi connectivity index (χ4n) is 4.27. The Morgan fingerprint density at radius 3 is 2.50 bits per heavy atom. The number of sulfonamides is 1. The number of fused-ring (bicyclic) bond motifs is 1. The standard InChI is InChI=1S/C27H24N4O4S/c1-35-24-9-3-2-8-23(24)30-16-18-31(19-17-30)27(32)21-11-13-22(14-12-21)29-36(33,34)25-10-4-6-20-7-5-15-28-26(20)25/h2-3,5-9,11-15,29H,16-19H2,1H3. The molecule has 182 valence electrons. The third-order valence-corrected chi connectivity index (χ3v) is 7.45. The number of nitrogens with one attached hydrogen (secondary N) is 1. The number of ether oxygens (including phenoxy) is 1. The van der Waals surface area contributed by atoms with Crippen molar-refractivity contribution in [3.8, 4) is 5.75 Å². The average Bonchev–Trinajstić information content (AvgIpc) is 2.92. The average molecular weight is 501 g/mol. The van der Waals surface area contributed by atoms with E-state index in [1.165, 1.54) is 6.20 Å². The van der Waals surface area contributed by atoms with Crippen LogP contribution in [-0.2, 0) is 10.0 Å². The number of nitrogens with zero attached hydrogens (tertiary/aromatic N) is 3. The number of aromatic nitrogens is 1. The minimum absolute atomic E-state index is 0.0753. The second-order valence-electron chi connectivity index (χ2n) is 8.32. The van der Waals surface area contributed by atoms with Gasteiger partial charge in [-0.3, -0.25) is 14.5 Å². The van der Waals surface area contributed by atoms with Gasteiger partial charge in [-0.15, -0.1) is 0 Å². The predicted octanol–water partition coefficient (Wildman–Crippen LogP) is 3.61. The van der Waals surface area contributed by atoms with Gasteiger partial charge in [0.1, 0.15) is 5.75 Å². The lowest BCUT2D eigenvalue weighted by atomic mass is 10.1. The minimum atomic E-state index is -3.94. The third kappa shape index (κ3) is 4.63. The highest BCUT2D eigenvalue weighted by atomic mass is 32.2. The molecule has 3 aromatic carbocycles. The van der Waals surface area contributed by atoms with Gasteiger partial charge in [-0.2, -0.15) is 0 Å². The van der Waals surface area contributed by atoms with Crippen LogP contribution in [0.3, 0.4) is 0 Å². The zero-order chi connectivity index (χ0) is 25.1. The van der Waals surface area contributed by atoms with Crippen LogP contribution in [0.4, 0.5) is 11.4 Å². The quantitative estimate of drug-likeness (QED) is 0.435. The lowest BCUT2D eigenvalue weighted by Gasteiger charge is -2.36. The van der Waals surface area contributed by atoms with Crippen molar-refractivity contribution in [2.24, 2.45) is 0 Å². The molecule has 9 heteroatoms. The molecule has 1 saturated heterocycles. The van der Waals surface area contributed by atoms with Gasteiger partial charge < -0.3 is 14.5 Å². The van der Waals surface area contributed by atoms with E-state index in [1.54, 1.807) is 54.5 Å². The molecule has 0 spiro atoms. The Balaban J connectivity index is 1.25. The summed E-state index contributed by atoms with van der Waals surface area (Å²) in [6.07, 6.45) is 1.53. The number of para-hydroxylation sites is 2. The Morgan fingerprint density at radius 1 is 1.00 bits per heavy atom. The molecule has 0 atom stereocenters. The number of hydrogen-bond donors (Lipinski definition) is 1. The summed E-state index contributed by atoms with van der Waals surface area (Å²) in [4.78, 5) is 21.2. The summed E-state index contributed by atoms with van der Waals surface area (Å²) in [5, 5.41) is 0.656. The summed E-state index contributed by atoms with van der Waals surface area (Å²) in [7, 11) is -2.29. The smallest absolute Gasteiger partial charge is 0.272 e. The molecular formula is C27H24N4O4S. The van der Waals surface area contributed by atoms with Crippen molar-refractivity contribution in [2.45, 2.75) is 4.90 Å². The van der Waals surface area contributed by atoms with E-state index >= 15 is 0 Å².